The van der Waals surface area contributed by atoms with Gasteiger partial charge in [-0.05, 0) is 29.8 Å². The molecule has 3 rings (SSSR count). The van der Waals surface area contributed by atoms with Gasteiger partial charge in [0.15, 0.2) is 0 Å². The van der Waals surface area contributed by atoms with Gasteiger partial charge in [-0.3, -0.25) is 10.1 Å². The molecular formula is C18H18ClNO4S. The van der Waals surface area contributed by atoms with Gasteiger partial charge in [-0.15, -0.1) is 11.8 Å². The van der Waals surface area contributed by atoms with Crippen molar-refractivity contribution in [3.05, 3.63) is 58.6 Å². The Balaban J connectivity index is 1.76. The quantitative estimate of drug-likeness (QED) is 0.797. The molecule has 0 saturated carbocycles. The summed E-state index contributed by atoms with van der Waals surface area (Å²) in [6.45, 7) is 0.306. The Morgan fingerprint density at radius 2 is 2.12 bits per heavy atom. The standard InChI is InChI=1S/C18H18ClNO4S/c1-23-15-7-6-11(17-20-14(10-25-17)18(21)22)8-12(15)9-24-16-5-3-2-4-13(16)19/h2-8,14,17,20H,9-10H2,1H3,(H,21,22)/t14-,17+/m0/s1. The molecule has 0 aliphatic carbocycles. The lowest BCUT2D eigenvalue weighted by atomic mass is 10.1. The highest BCUT2D eigenvalue weighted by Gasteiger charge is 2.30. The highest BCUT2D eigenvalue weighted by Crippen LogP contribution is 2.35. The van der Waals surface area contributed by atoms with Crippen LogP contribution in [0.1, 0.15) is 16.5 Å². The topological polar surface area (TPSA) is 67.8 Å². The van der Waals surface area contributed by atoms with Gasteiger partial charge in [0.2, 0.25) is 0 Å². The number of ether oxygens (including phenoxy) is 2. The lowest BCUT2D eigenvalue weighted by Gasteiger charge is -2.16. The third kappa shape index (κ3) is 4.21. The highest BCUT2D eigenvalue weighted by atomic mass is 35.5. The second-order valence-electron chi connectivity index (χ2n) is 5.56. The molecule has 1 aliphatic rings. The monoisotopic (exact) mass is 379 g/mol. The Hall–Kier alpha value is -1.89. The van der Waals surface area contributed by atoms with Crippen molar-refractivity contribution < 1.29 is 19.4 Å². The molecule has 0 bridgehead atoms. The smallest absolute Gasteiger partial charge is 0.321 e. The van der Waals surface area contributed by atoms with Crippen LogP contribution >= 0.6 is 23.4 Å². The number of hydrogen-bond donors (Lipinski definition) is 2. The van der Waals surface area contributed by atoms with Crippen LogP contribution in [-0.4, -0.2) is 30.0 Å². The summed E-state index contributed by atoms with van der Waals surface area (Å²) in [7, 11) is 1.61. The largest absolute Gasteiger partial charge is 0.496 e. The minimum Gasteiger partial charge on any atom is -0.496 e. The van der Waals surface area contributed by atoms with Crippen LogP contribution in [0.25, 0.3) is 0 Å². The van der Waals surface area contributed by atoms with Crippen molar-refractivity contribution in [2.45, 2.75) is 18.0 Å². The molecule has 25 heavy (non-hydrogen) atoms. The molecule has 0 spiro atoms. The van der Waals surface area contributed by atoms with Crippen molar-refractivity contribution in [3.8, 4) is 11.5 Å². The van der Waals surface area contributed by atoms with Crippen molar-refractivity contribution in [2.24, 2.45) is 0 Å². The summed E-state index contributed by atoms with van der Waals surface area (Å²) in [5, 5.41) is 12.7. The Morgan fingerprint density at radius 3 is 2.80 bits per heavy atom. The molecule has 0 radical (unpaired) electrons. The van der Waals surface area contributed by atoms with Gasteiger partial charge in [0.25, 0.3) is 0 Å². The summed E-state index contributed by atoms with van der Waals surface area (Å²) in [6.07, 6.45) is 0. The van der Waals surface area contributed by atoms with Crippen LogP contribution in [0.3, 0.4) is 0 Å². The van der Waals surface area contributed by atoms with Gasteiger partial charge in [0.1, 0.15) is 24.1 Å². The first-order chi connectivity index (χ1) is 12.1. The normalized spacial score (nSPS) is 19.6. The van der Waals surface area contributed by atoms with E-state index in [1.165, 1.54) is 0 Å². The van der Waals surface area contributed by atoms with Crippen molar-refractivity contribution in [1.29, 1.82) is 0 Å². The number of aliphatic carboxylic acids is 1. The summed E-state index contributed by atoms with van der Waals surface area (Å²) in [6, 6.07) is 12.5. The molecule has 2 N–H and O–H groups in total. The number of halogens is 1. The fourth-order valence-corrected chi connectivity index (χ4v) is 4.01. The first kappa shape index (κ1) is 17.9. The average molecular weight is 380 g/mol. The zero-order valence-electron chi connectivity index (χ0n) is 13.6. The molecule has 1 fully saturated rings. The number of rotatable bonds is 6. The van der Waals surface area contributed by atoms with E-state index < -0.39 is 12.0 Å². The van der Waals surface area contributed by atoms with Crippen molar-refractivity contribution in [2.75, 3.05) is 12.9 Å². The first-order valence-electron chi connectivity index (χ1n) is 7.73. The molecule has 1 aliphatic heterocycles. The third-order valence-electron chi connectivity index (χ3n) is 3.91. The number of thioether (sulfide) groups is 1. The summed E-state index contributed by atoms with van der Waals surface area (Å²) in [5.74, 6) is 1.03. The minimum atomic E-state index is -0.828. The molecule has 132 valence electrons. The molecule has 0 amide bonds. The number of hydrogen-bond acceptors (Lipinski definition) is 5. The van der Waals surface area contributed by atoms with Gasteiger partial charge < -0.3 is 14.6 Å². The van der Waals surface area contributed by atoms with Crippen LogP contribution < -0.4 is 14.8 Å². The summed E-state index contributed by atoms with van der Waals surface area (Å²) < 4.78 is 11.2. The van der Waals surface area contributed by atoms with Gasteiger partial charge >= 0.3 is 5.97 Å². The molecule has 0 unspecified atom stereocenters. The molecule has 1 saturated heterocycles. The Kier molecular flexibility index (Phi) is 5.73. The molecule has 7 heteroatoms. The van der Waals surface area contributed by atoms with Crippen LogP contribution in [0.4, 0.5) is 0 Å². The highest BCUT2D eigenvalue weighted by molar-refractivity contribution is 7.99. The Bertz CT molecular complexity index is 770. The SMILES string of the molecule is COc1ccc([C@@H]2N[C@H](C(=O)O)CS2)cc1COc1ccccc1Cl. The van der Waals surface area contributed by atoms with E-state index in [1.807, 2.05) is 36.4 Å². The van der Waals surface area contributed by atoms with Crippen LogP contribution in [0.5, 0.6) is 11.5 Å². The van der Waals surface area contributed by atoms with Gasteiger partial charge in [-0.1, -0.05) is 29.8 Å². The van der Waals surface area contributed by atoms with E-state index in [1.54, 1.807) is 24.9 Å². The number of carboxylic acid groups (broad SMARTS) is 1. The number of para-hydroxylation sites is 1. The molecule has 2 aromatic carbocycles. The maximum Gasteiger partial charge on any atom is 0.321 e. The predicted octanol–water partition coefficient (Wildman–Crippen LogP) is 3.72. The fourth-order valence-electron chi connectivity index (χ4n) is 2.60. The van der Waals surface area contributed by atoms with Gasteiger partial charge in [-0.25, -0.2) is 0 Å². The molecule has 2 atom stereocenters. The number of carbonyl (C=O) groups is 1. The summed E-state index contributed by atoms with van der Waals surface area (Å²) in [4.78, 5) is 11.1. The lowest BCUT2D eigenvalue weighted by molar-refractivity contribution is -0.138. The van der Waals surface area contributed by atoms with Crippen LogP contribution in [0, 0.1) is 0 Å². The number of nitrogens with one attached hydrogen (secondary N) is 1. The predicted molar refractivity (Wildman–Crippen MR) is 98.5 cm³/mol. The van der Waals surface area contributed by atoms with E-state index >= 15 is 0 Å². The van der Waals surface area contributed by atoms with Gasteiger partial charge in [-0.2, -0.15) is 0 Å². The molecule has 2 aromatic rings. The maximum absolute atomic E-state index is 11.1. The van der Waals surface area contributed by atoms with E-state index in [0.717, 1.165) is 11.1 Å². The third-order valence-corrected chi connectivity index (χ3v) is 5.49. The Morgan fingerprint density at radius 1 is 1.32 bits per heavy atom. The molecular weight excluding hydrogens is 362 g/mol. The van der Waals surface area contributed by atoms with E-state index in [9.17, 15) is 4.79 Å². The summed E-state index contributed by atoms with van der Waals surface area (Å²) in [5.41, 5.74) is 1.87. The van der Waals surface area contributed by atoms with Gasteiger partial charge in [0, 0.05) is 11.3 Å². The Labute approximate surface area is 155 Å². The van der Waals surface area contributed by atoms with Crippen molar-refractivity contribution >= 4 is 29.3 Å². The lowest BCUT2D eigenvalue weighted by Crippen LogP contribution is -2.33. The number of methoxy groups -OCH3 is 1. The average Bonchev–Trinajstić information content (AvgIpc) is 3.11. The number of benzene rings is 2. The summed E-state index contributed by atoms with van der Waals surface area (Å²) >= 11 is 7.70. The van der Waals surface area contributed by atoms with Crippen molar-refractivity contribution in [3.63, 3.8) is 0 Å². The minimum absolute atomic E-state index is 0.0638. The second-order valence-corrected chi connectivity index (χ2v) is 7.11. The second kappa shape index (κ2) is 7.99. The zero-order chi connectivity index (χ0) is 17.8. The molecule has 5 nitrogen and oxygen atoms in total. The zero-order valence-corrected chi connectivity index (χ0v) is 15.1. The fraction of sp³-hybridized carbons (Fsp3) is 0.278. The first-order valence-corrected chi connectivity index (χ1v) is 9.15. The van der Waals surface area contributed by atoms with E-state index in [4.69, 9.17) is 26.2 Å². The van der Waals surface area contributed by atoms with E-state index in [2.05, 4.69) is 5.32 Å². The maximum atomic E-state index is 11.1. The van der Waals surface area contributed by atoms with Gasteiger partial charge in [0.05, 0.1) is 17.5 Å². The van der Waals surface area contributed by atoms with Crippen molar-refractivity contribution in [1.82, 2.24) is 5.32 Å². The molecule has 0 aromatic heterocycles. The van der Waals surface area contributed by atoms with Crippen LogP contribution in [-0.2, 0) is 11.4 Å². The van der Waals surface area contributed by atoms with Crippen LogP contribution in [0.15, 0.2) is 42.5 Å². The van der Waals surface area contributed by atoms with Crippen LogP contribution in [0.2, 0.25) is 5.02 Å². The molecule has 1 heterocycles. The number of carboxylic acids is 1. The van der Waals surface area contributed by atoms with E-state index in [-0.39, 0.29) is 5.37 Å². The van der Waals surface area contributed by atoms with E-state index in [0.29, 0.717) is 28.9 Å².